The number of benzene rings is 1. The Morgan fingerprint density at radius 2 is 1.58 bits per heavy atom. The average Bonchev–Trinajstić information content (AvgIpc) is 3.71. The fourth-order valence-electron chi connectivity index (χ4n) is 6.85. The average molecular weight is 787 g/mol. The van der Waals surface area contributed by atoms with E-state index in [1.54, 1.807) is 12.1 Å². The van der Waals surface area contributed by atoms with Crippen molar-refractivity contribution in [2.45, 2.75) is 146 Å². The van der Waals surface area contributed by atoms with E-state index in [9.17, 15) is 34.6 Å². The first-order valence-corrected chi connectivity index (χ1v) is 21.0. The van der Waals surface area contributed by atoms with Crippen molar-refractivity contribution < 1.29 is 42.6 Å². The summed E-state index contributed by atoms with van der Waals surface area (Å²) in [5.41, 5.74) is 4.34. The number of ether oxygens (including phenoxy) is 2. The third-order valence-corrected chi connectivity index (χ3v) is 10.9. The Bertz CT molecular complexity index is 1770. The fraction of sp³-hybridized carbons (Fsp3) is 0.641. The zero-order chi connectivity index (χ0) is 39.7. The molecule has 1 fully saturated rings. The van der Waals surface area contributed by atoms with Crippen molar-refractivity contribution >= 4 is 19.2 Å². The van der Waals surface area contributed by atoms with Gasteiger partial charge in [-0.3, -0.25) is 9.05 Å². The summed E-state index contributed by atoms with van der Waals surface area (Å²) in [6.07, 6.45) is 15.3. The van der Waals surface area contributed by atoms with Crippen LogP contribution < -0.4 is 10.5 Å². The number of nitrogen functional groups attached to an aromatic ring is 1. The highest BCUT2D eigenvalue weighted by Gasteiger charge is 2.57. The number of fused-ring (bicyclic) bond motifs is 1. The minimum atomic E-state index is -4.90. The first kappa shape index (κ1) is 44.1. The Morgan fingerprint density at radius 1 is 0.964 bits per heavy atom. The molecular formula is C39H56FN6O8P. The summed E-state index contributed by atoms with van der Waals surface area (Å²) in [5, 5.41) is 45.2. The fourth-order valence-corrected chi connectivity index (χ4v) is 7.64. The van der Waals surface area contributed by atoms with Gasteiger partial charge in [-0.1, -0.05) is 103 Å². The molecule has 0 spiro atoms. The number of hydrogen-bond donors (Lipinski definition) is 4. The van der Waals surface area contributed by atoms with E-state index in [0.29, 0.717) is 18.4 Å². The van der Waals surface area contributed by atoms with Crippen molar-refractivity contribution in [2.24, 2.45) is 0 Å². The SMILES string of the molecule is CCCCCCCCCCCCCCCCCC[C@@H](COP(=O)(O)OC[C@@]1(C#N)O[C@@H](c2ccc3c(N)ncnn23)[C@H](O)[C@@H]1O)Oc1cc(F)cc(C#N)c1. The van der Waals surface area contributed by atoms with E-state index in [2.05, 4.69) is 17.0 Å². The number of aliphatic hydroxyl groups excluding tert-OH is 2. The molecule has 4 rings (SSSR count). The van der Waals surface area contributed by atoms with Crippen LogP contribution >= 0.6 is 7.82 Å². The summed E-state index contributed by atoms with van der Waals surface area (Å²) >= 11 is 0. The van der Waals surface area contributed by atoms with Crippen LogP contribution in [0.1, 0.15) is 133 Å². The molecule has 5 N–H and O–H groups in total. The number of nitriles is 2. The van der Waals surface area contributed by atoms with Crippen LogP contribution in [-0.4, -0.2) is 66.8 Å². The first-order chi connectivity index (χ1) is 26.5. The number of hydrogen-bond acceptors (Lipinski definition) is 12. The van der Waals surface area contributed by atoms with Gasteiger partial charge in [-0.25, -0.2) is 18.5 Å². The van der Waals surface area contributed by atoms with E-state index < -0.39 is 56.9 Å². The van der Waals surface area contributed by atoms with E-state index in [-0.39, 0.29) is 22.8 Å². The zero-order valence-electron chi connectivity index (χ0n) is 31.7. The molecule has 0 aliphatic carbocycles. The lowest BCUT2D eigenvalue weighted by Crippen LogP contribution is -2.45. The van der Waals surface area contributed by atoms with E-state index >= 15 is 0 Å². The number of phosphoric ester groups is 1. The number of nitrogens with zero attached hydrogens (tertiary/aromatic N) is 5. The van der Waals surface area contributed by atoms with Gasteiger partial charge in [0.15, 0.2) is 5.82 Å². The van der Waals surface area contributed by atoms with Crippen molar-refractivity contribution in [3.63, 3.8) is 0 Å². The molecule has 1 aliphatic heterocycles. The van der Waals surface area contributed by atoms with Crippen molar-refractivity contribution in [1.82, 2.24) is 14.6 Å². The Kier molecular flexibility index (Phi) is 17.8. The van der Waals surface area contributed by atoms with Crippen molar-refractivity contribution in [3.8, 4) is 17.9 Å². The first-order valence-electron chi connectivity index (χ1n) is 19.5. The highest BCUT2D eigenvalue weighted by atomic mass is 31.2. The van der Waals surface area contributed by atoms with Gasteiger partial charge in [0.05, 0.1) is 23.9 Å². The largest absolute Gasteiger partial charge is 0.488 e. The standard InChI is InChI=1S/C39H56FN6O8P/c1-2-3-4-5-6-7-8-9-10-11-12-13-14-15-16-17-18-31(53-32-22-29(24-41)21-30(40)23-32)25-51-55(49,50)52-27-39(26-42)37(48)35(47)36(54-39)33-19-20-34-38(43)44-28-45-46(33)34/h19-23,28,31,35-37,47-48H,2-18,25,27H2,1H3,(H,49,50)(H2,43,44,45)/t31-,35-,36-,37-,39+/m0/s1. The van der Waals surface area contributed by atoms with Gasteiger partial charge >= 0.3 is 7.82 Å². The predicted octanol–water partition coefficient (Wildman–Crippen LogP) is 7.61. The predicted molar refractivity (Wildman–Crippen MR) is 203 cm³/mol. The number of anilines is 1. The molecule has 302 valence electrons. The van der Waals surface area contributed by atoms with E-state index in [1.807, 2.05) is 6.07 Å². The Balaban J connectivity index is 1.25. The van der Waals surface area contributed by atoms with Crippen LogP contribution in [0.3, 0.4) is 0 Å². The highest BCUT2D eigenvalue weighted by molar-refractivity contribution is 7.47. The minimum absolute atomic E-state index is 0.0507. The monoisotopic (exact) mass is 786 g/mol. The van der Waals surface area contributed by atoms with Gasteiger partial charge in [0.1, 0.15) is 60.5 Å². The summed E-state index contributed by atoms with van der Waals surface area (Å²) in [6, 6.07) is 10.3. The second-order valence-corrected chi connectivity index (χ2v) is 15.8. The molecule has 2 aromatic heterocycles. The molecular weight excluding hydrogens is 730 g/mol. The van der Waals surface area contributed by atoms with Gasteiger partial charge in [0.2, 0.25) is 5.60 Å². The van der Waals surface area contributed by atoms with Crippen LogP contribution in [-0.2, 0) is 18.3 Å². The normalized spacial score (nSPS) is 21.3. The quantitative estimate of drug-likeness (QED) is 0.0455. The second-order valence-electron chi connectivity index (χ2n) is 14.3. The summed E-state index contributed by atoms with van der Waals surface area (Å²) in [7, 11) is -4.90. The Labute approximate surface area is 323 Å². The number of rotatable bonds is 26. The van der Waals surface area contributed by atoms with Crippen molar-refractivity contribution in [1.29, 1.82) is 10.5 Å². The number of nitrogens with two attached hydrogens (primary N) is 1. The van der Waals surface area contributed by atoms with E-state index in [0.717, 1.165) is 37.8 Å². The molecule has 1 unspecified atom stereocenters. The third-order valence-electron chi connectivity index (χ3n) is 9.99. The Hall–Kier alpha value is -3.66. The van der Waals surface area contributed by atoms with Gasteiger partial charge in [-0.05, 0) is 37.1 Å². The maximum absolute atomic E-state index is 14.2. The van der Waals surface area contributed by atoms with Gasteiger partial charge < -0.3 is 30.3 Å². The zero-order valence-corrected chi connectivity index (χ0v) is 32.6. The smallest absolute Gasteiger partial charge is 0.472 e. The Morgan fingerprint density at radius 3 is 2.18 bits per heavy atom. The van der Waals surface area contributed by atoms with Crippen molar-refractivity contribution in [3.05, 3.63) is 53.7 Å². The number of aromatic nitrogens is 3. The van der Waals surface area contributed by atoms with Crippen LogP contribution in [0.5, 0.6) is 5.75 Å². The maximum Gasteiger partial charge on any atom is 0.472 e. The minimum Gasteiger partial charge on any atom is -0.488 e. The molecule has 0 amide bonds. The lowest BCUT2D eigenvalue weighted by atomic mass is 9.96. The summed E-state index contributed by atoms with van der Waals surface area (Å²) < 4.78 is 50.8. The number of aliphatic hydroxyl groups is 2. The number of phosphoric acid groups is 1. The van der Waals surface area contributed by atoms with Crippen LogP contribution in [0.2, 0.25) is 0 Å². The summed E-state index contributed by atoms with van der Waals surface area (Å²) in [6.45, 7) is 0.855. The molecule has 55 heavy (non-hydrogen) atoms. The van der Waals surface area contributed by atoms with Crippen molar-refractivity contribution in [2.75, 3.05) is 18.9 Å². The second kappa shape index (κ2) is 22.2. The van der Waals surface area contributed by atoms with Gasteiger partial charge in [0.25, 0.3) is 0 Å². The van der Waals surface area contributed by atoms with E-state index in [1.165, 1.54) is 93.6 Å². The molecule has 0 saturated carbocycles. The summed E-state index contributed by atoms with van der Waals surface area (Å²) in [4.78, 5) is 14.5. The topological polar surface area (TPSA) is 218 Å². The summed E-state index contributed by atoms with van der Waals surface area (Å²) in [5.74, 6) is -0.456. The van der Waals surface area contributed by atoms with Crippen LogP contribution in [0.4, 0.5) is 10.2 Å². The van der Waals surface area contributed by atoms with Gasteiger partial charge in [0, 0.05) is 6.07 Å². The molecule has 1 aliphatic rings. The van der Waals surface area contributed by atoms with E-state index in [4.69, 9.17) is 24.3 Å². The molecule has 1 saturated heterocycles. The lowest BCUT2D eigenvalue weighted by Gasteiger charge is -2.26. The molecule has 3 heterocycles. The molecule has 1 aromatic carbocycles. The molecule has 3 aromatic rings. The van der Waals surface area contributed by atoms with Gasteiger partial charge in [-0.2, -0.15) is 15.6 Å². The third kappa shape index (κ3) is 13.2. The maximum atomic E-state index is 14.2. The van der Waals surface area contributed by atoms with Crippen LogP contribution in [0.25, 0.3) is 5.52 Å². The molecule has 6 atom stereocenters. The molecule has 0 bridgehead atoms. The van der Waals surface area contributed by atoms with Crippen LogP contribution in [0.15, 0.2) is 36.7 Å². The number of unbranched alkanes of at least 4 members (excludes halogenated alkanes) is 15. The van der Waals surface area contributed by atoms with Gasteiger partial charge in [-0.15, -0.1) is 0 Å². The molecule has 16 heteroatoms. The molecule has 14 nitrogen and oxygen atoms in total. The lowest BCUT2D eigenvalue weighted by molar-refractivity contribution is -0.0750. The highest BCUT2D eigenvalue weighted by Crippen LogP contribution is 2.48. The molecule has 0 radical (unpaired) electrons. The number of halogens is 1. The van der Waals surface area contributed by atoms with Crippen LogP contribution in [0, 0.1) is 28.5 Å².